The molecule has 5 heteroatoms. The second kappa shape index (κ2) is 9.40. The van der Waals surface area contributed by atoms with Crippen molar-refractivity contribution in [3.8, 4) is 0 Å². The Kier molecular flexibility index (Phi) is 6.42. The number of nitrogens with one attached hydrogen (secondary N) is 1. The topological polar surface area (TPSA) is 49.4 Å². The average molecular weight is 431 g/mol. The van der Waals surface area contributed by atoms with Gasteiger partial charge >= 0.3 is 0 Å². The third kappa shape index (κ3) is 5.00. The number of anilines is 1. The predicted octanol–water partition coefficient (Wildman–Crippen LogP) is 4.91. The van der Waals surface area contributed by atoms with Gasteiger partial charge in [-0.25, -0.2) is 0 Å². The fourth-order valence-corrected chi connectivity index (χ4v) is 4.64. The zero-order valence-corrected chi connectivity index (χ0v) is 18.7. The molecule has 0 saturated carbocycles. The van der Waals surface area contributed by atoms with Crippen molar-refractivity contribution in [2.24, 2.45) is 0 Å². The fourth-order valence-electron chi connectivity index (χ4n) is 3.72. The lowest BCUT2D eigenvalue weighted by Crippen LogP contribution is -2.35. The molecule has 4 rings (SSSR count). The summed E-state index contributed by atoms with van der Waals surface area (Å²) in [5, 5.41) is 3.00. The summed E-state index contributed by atoms with van der Waals surface area (Å²) in [5.74, 6) is 0.369. The van der Waals surface area contributed by atoms with E-state index in [4.69, 9.17) is 0 Å². The van der Waals surface area contributed by atoms with Crippen molar-refractivity contribution >= 4 is 29.3 Å². The molecule has 0 atom stereocenters. The van der Waals surface area contributed by atoms with Crippen molar-refractivity contribution in [3.05, 3.63) is 94.5 Å². The van der Waals surface area contributed by atoms with Gasteiger partial charge in [0.15, 0.2) is 0 Å². The number of carbonyl (C=O) groups excluding carboxylic acids is 2. The normalized spacial score (nSPS) is 13.1. The quantitative estimate of drug-likeness (QED) is 0.604. The third-order valence-corrected chi connectivity index (χ3v) is 6.59. The fraction of sp³-hybridized carbons (Fsp3) is 0.231. The Balaban J connectivity index is 1.52. The van der Waals surface area contributed by atoms with E-state index < -0.39 is 0 Å². The molecule has 3 aromatic rings. The van der Waals surface area contributed by atoms with Crippen molar-refractivity contribution in [2.75, 3.05) is 17.2 Å². The minimum atomic E-state index is -0.117. The summed E-state index contributed by atoms with van der Waals surface area (Å²) in [6.45, 7) is 5.21. The predicted molar refractivity (Wildman–Crippen MR) is 127 cm³/mol. The third-order valence-electron chi connectivity index (χ3n) is 5.54. The molecule has 1 aliphatic rings. The Morgan fingerprint density at radius 3 is 2.65 bits per heavy atom. The van der Waals surface area contributed by atoms with Gasteiger partial charge < -0.3 is 10.2 Å². The molecule has 0 bridgehead atoms. The molecule has 0 unspecified atom stereocenters. The molecule has 1 aliphatic heterocycles. The van der Waals surface area contributed by atoms with Crippen molar-refractivity contribution in [3.63, 3.8) is 0 Å². The van der Waals surface area contributed by atoms with Gasteiger partial charge in [-0.1, -0.05) is 54.1 Å². The van der Waals surface area contributed by atoms with E-state index in [0.29, 0.717) is 24.4 Å². The number of hydrogen-bond acceptors (Lipinski definition) is 3. The minimum absolute atomic E-state index is 0.0695. The Labute approximate surface area is 187 Å². The van der Waals surface area contributed by atoms with Gasteiger partial charge in [0.1, 0.15) is 0 Å². The molecule has 0 aliphatic carbocycles. The van der Waals surface area contributed by atoms with Crippen LogP contribution in [0, 0.1) is 13.8 Å². The second-order valence-electron chi connectivity index (χ2n) is 7.87. The van der Waals surface area contributed by atoms with Crippen LogP contribution in [0.25, 0.3) is 0 Å². The molecule has 0 aromatic heterocycles. The smallest absolute Gasteiger partial charge is 0.251 e. The zero-order chi connectivity index (χ0) is 21.8. The van der Waals surface area contributed by atoms with Crippen LogP contribution in [-0.4, -0.2) is 24.1 Å². The molecule has 0 radical (unpaired) electrons. The molecular formula is C26H26N2O2S. The molecule has 158 valence electrons. The summed E-state index contributed by atoms with van der Waals surface area (Å²) in [6, 6.07) is 22.0. The molecule has 1 N–H and O–H groups in total. The van der Waals surface area contributed by atoms with Gasteiger partial charge in [-0.05, 0) is 55.2 Å². The number of amides is 2. The average Bonchev–Trinajstić information content (AvgIpc) is 2.78. The van der Waals surface area contributed by atoms with Gasteiger partial charge in [0.2, 0.25) is 5.91 Å². The molecule has 3 aromatic carbocycles. The molecule has 0 spiro atoms. The van der Waals surface area contributed by atoms with Crippen molar-refractivity contribution in [1.29, 1.82) is 0 Å². The van der Waals surface area contributed by atoms with E-state index in [9.17, 15) is 9.59 Å². The maximum Gasteiger partial charge on any atom is 0.251 e. The van der Waals surface area contributed by atoms with Gasteiger partial charge in [-0.3, -0.25) is 9.59 Å². The van der Waals surface area contributed by atoms with Crippen LogP contribution in [0.4, 0.5) is 5.69 Å². The summed E-state index contributed by atoms with van der Waals surface area (Å²) in [4.78, 5) is 28.4. The first-order valence-corrected chi connectivity index (χ1v) is 11.5. The van der Waals surface area contributed by atoms with Crippen LogP contribution in [0.15, 0.2) is 71.6 Å². The molecule has 4 nitrogen and oxygen atoms in total. The first-order chi connectivity index (χ1) is 15.0. The Bertz CT molecular complexity index is 1110. The van der Waals surface area contributed by atoms with E-state index in [-0.39, 0.29) is 11.8 Å². The zero-order valence-electron chi connectivity index (χ0n) is 17.9. The van der Waals surface area contributed by atoms with E-state index in [2.05, 4.69) is 49.5 Å². The maximum atomic E-state index is 12.8. The number of nitrogens with zero attached hydrogens (tertiary/aromatic N) is 1. The van der Waals surface area contributed by atoms with E-state index in [1.165, 1.54) is 22.9 Å². The van der Waals surface area contributed by atoms with Crippen LogP contribution in [0.3, 0.4) is 0 Å². The van der Waals surface area contributed by atoms with E-state index in [1.54, 1.807) is 0 Å². The highest BCUT2D eigenvalue weighted by Crippen LogP contribution is 2.37. The van der Waals surface area contributed by atoms with E-state index in [0.717, 1.165) is 28.1 Å². The van der Waals surface area contributed by atoms with Crippen molar-refractivity contribution in [1.82, 2.24) is 5.32 Å². The number of carbonyl (C=O) groups is 2. The summed E-state index contributed by atoms with van der Waals surface area (Å²) in [5.41, 5.74) is 6.05. The number of rotatable bonds is 6. The standard InChI is InChI=1S/C26H26N2O2S/c1-18-8-9-19(2)22(14-18)16-28-23-15-21(10-11-24(23)31-17-25(28)29)26(30)27-13-12-20-6-4-3-5-7-20/h3-11,14-15H,12-13,16-17H2,1-2H3,(H,27,30). The summed E-state index contributed by atoms with van der Waals surface area (Å²) in [6.07, 6.45) is 0.782. The molecular weight excluding hydrogens is 404 g/mol. The second-order valence-corrected chi connectivity index (χ2v) is 8.89. The van der Waals surface area contributed by atoms with Gasteiger partial charge in [0.05, 0.1) is 18.0 Å². The van der Waals surface area contributed by atoms with Crippen molar-refractivity contribution < 1.29 is 9.59 Å². The van der Waals surface area contributed by atoms with Gasteiger partial charge in [0, 0.05) is 17.0 Å². The molecule has 1 heterocycles. The van der Waals surface area contributed by atoms with Crippen LogP contribution >= 0.6 is 11.8 Å². The van der Waals surface area contributed by atoms with Crippen molar-refractivity contribution in [2.45, 2.75) is 31.7 Å². The Hall–Kier alpha value is -3.05. The molecule has 2 amide bonds. The monoisotopic (exact) mass is 430 g/mol. The Morgan fingerprint density at radius 1 is 1.03 bits per heavy atom. The number of fused-ring (bicyclic) bond motifs is 1. The summed E-state index contributed by atoms with van der Waals surface area (Å²) in [7, 11) is 0. The lowest BCUT2D eigenvalue weighted by molar-refractivity contribution is -0.116. The SMILES string of the molecule is Cc1ccc(C)c(CN2C(=O)CSc3ccc(C(=O)NCCc4ccccc4)cc32)c1. The summed E-state index contributed by atoms with van der Waals surface area (Å²) < 4.78 is 0. The van der Waals surface area contributed by atoms with E-state index in [1.807, 2.05) is 41.3 Å². The maximum absolute atomic E-state index is 12.8. The summed E-state index contributed by atoms with van der Waals surface area (Å²) >= 11 is 1.53. The highest BCUT2D eigenvalue weighted by molar-refractivity contribution is 8.00. The molecule has 0 fully saturated rings. The molecule has 31 heavy (non-hydrogen) atoms. The number of benzene rings is 3. The first-order valence-electron chi connectivity index (χ1n) is 10.5. The van der Waals surface area contributed by atoms with Crippen LogP contribution in [0.5, 0.6) is 0 Å². The highest BCUT2D eigenvalue weighted by atomic mass is 32.2. The van der Waals surface area contributed by atoms with Crippen LogP contribution in [0.1, 0.15) is 32.6 Å². The minimum Gasteiger partial charge on any atom is -0.352 e. The van der Waals surface area contributed by atoms with Crippen LogP contribution in [-0.2, 0) is 17.8 Å². The lowest BCUT2D eigenvalue weighted by atomic mass is 10.0. The van der Waals surface area contributed by atoms with Gasteiger partial charge in [-0.15, -0.1) is 11.8 Å². The molecule has 0 saturated heterocycles. The van der Waals surface area contributed by atoms with Crippen LogP contribution < -0.4 is 10.2 Å². The largest absolute Gasteiger partial charge is 0.352 e. The number of hydrogen-bond donors (Lipinski definition) is 1. The Morgan fingerprint density at radius 2 is 1.84 bits per heavy atom. The van der Waals surface area contributed by atoms with E-state index >= 15 is 0 Å². The highest BCUT2D eigenvalue weighted by Gasteiger charge is 2.26. The van der Waals surface area contributed by atoms with Gasteiger partial charge in [0.25, 0.3) is 5.91 Å². The number of aryl methyl sites for hydroxylation is 2. The van der Waals surface area contributed by atoms with Gasteiger partial charge in [-0.2, -0.15) is 0 Å². The van der Waals surface area contributed by atoms with Crippen LogP contribution in [0.2, 0.25) is 0 Å². The number of thioether (sulfide) groups is 1. The lowest BCUT2D eigenvalue weighted by Gasteiger charge is -2.30. The first kappa shape index (κ1) is 21.2.